The lowest BCUT2D eigenvalue weighted by atomic mass is 9.90. The van der Waals surface area contributed by atoms with E-state index in [0.29, 0.717) is 32.8 Å². The second-order valence-electron chi connectivity index (χ2n) is 9.70. The molecular weight excluding hydrogens is 510 g/mol. The minimum atomic E-state index is -0.747. The van der Waals surface area contributed by atoms with Gasteiger partial charge in [-0.1, -0.05) is 55.0 Å². The van der Waals surface area contributed by atoms with Crippen LogP contribution in [-0.4, -0.2) is 28.8 Å². The van der Waals surface area contributed by atoms with E-state index in [2.05, 4.69) is 17.6 Å². The molecule has 1 aliphatic heterocycles. The van der Waals surface area contributed by atoms with Crippen LogP contribution in [0.25, 0.3) is 16.8 Å². The molecule has 0 aliphatic carbocycles. The molecule has 2 aromatic carbocycles. The number of benzene rings is 2. The number of nitrogens with zero attached hydrogens (tertiary/aromatic N) is 3. The third-order valence-electron chi connectivity index (χ3n) is 7.42. The molecule has 0 N–H and O–H groups in total. The number of ether oxygens (including phenoxy) is 2. The molecule has 0 spiro atoms. The number of rotatable bonds is 7. The Hall–Kier alpha value is -3.91. The molecule has 1 atom stereocenters. The molecule has 7 nitrogen and oxygen atoms in total. The second kappa shape index (κ2) is 10.7. The molecule has 0 saturated heterocycles. The number of carbonyl (C=O) groups excluding carboxylic acids is 1. The van der Waals surface area contributed by atoms with E-state index in [-0.39, 0.29) is 12.2 Å². The number of methoxy groups -OCH3 is 1. The predicted molar refractivity (Wildman–Crippen MR) is 155 cm³/mol. The average molecular weight is 544 g/mol. The van der Waals surface area contributed by atoms with Gasteiger partial charge in [-0.2, -0.15) is 0 Å². The van der Waals surface area contributed by atoms with Gasteiger partial charge in [0.15, 0.2) is 4.80 Å². The quantitative estimate of drug-likeness (QED) is 0.317. The molecule has 0 unspecified atom stereocenters. The van der Waals surface area contributed by atoms with Crippen LogP contribution in [0, 0.1) is 13.8 Å². The van der Waals surface area contributed by atoms with Gasteiger partial charge in [-0.3, -0.25) is 9.36 Å². The summed E-state index contributed by atoms with van der Waals surface area (Å²) in [5, 5.41) is 1.90. The summed E-state index contributed by atoms with van der Waals surface area (Å²) < 4.78 is 15.7. The van der Waals surface area contributed by atoms with Crippen LogP contribution < -0.4 is 19.6 Å². The molecule has 0 fully saturated rings. The number of hydrogen-bond acceptors (Lipinski definition) is 6. The van der Waals surface area contributed by atoms with E-state index in [1.165, 1.54) is 11.3 Å². The highest BCUT2D eigenvalue weighted by Crippen LogP contribution is 2.41. The van der Waals surface area contributed by atoms with Crippen LogP contribution in [0.4, 0.5) is 0 Å². The van der Waals surface area contributed by atoms with E-state index in [1.54, 1.807) is 18.6 Å². The zero-order valence-corrected chi connectivity index (χ0v) is 24.0. The van der Waals surface area contributed by atoms with Gasteiger partial charge in [-0.25, -0.2) is 9.79 Å². The van der Waals surface area contributed by atoms with Crippen molar-refractivity contribution in [3.05, 3.63) is 95.9 Å². The van der Waals surface area contributed by atoms with Gasteiger partial charge in [0.25, 0.3) is 5.56 Å². The van der Waals surface area contributed by atoms with Crippen LogP contribution in [0.5, 0.6) is 5.75 Å². The average Bonchev–Trinajstić information content (AvgIpc) is 3.37. The zero-order chi connectivity index (χ0) is 27.8. The van der Waals surface area contributed by atoms with Gasteiger partial charge in [-0.15, -0.1) is 0 Å². The Kier molecular flexibility index (Phi) is 7.32. The summed E-state index contributed by atoms with van der Waals surface area (Å²) in [4.78, 5) is 33.3. The first-order valence-electron chi connectivity index (χ1n) is 13.2. The van der Waals surface area contributed by atoms with Crippen LogP contribution in [0.1, 0.15) is 55.2 Å². The van der Waals surface area contributed by atoms with Gasteiger partial charge >= 0.3 is 5.97 Å². The van der Waals surface area contributed by atoms with Crippen molar-refractivity contribution in [2.24, 2.45) is 12.0 Å². The van der Waals surface area contributed by atoms with E-state index >= 15 is 0 Å². The van der Waals surface area contributed by atoms with Crippen molar-refractivity contribution < 1.29 is 14.3 Å². The molecular formula is C31H33N3O4S. The van der Waals surface area contributed by atoms with Crippen molar-refractivity contribution in [1.82, 2.24) is 9.13 Å². The van der Waals surface area contributed by atoms with Crippen molar-refractivity contribution in [2.75, 3.05) is 13.7 Å². The van der Waals surface area contributed by atoms with Gasteiger partial charge in [0.2, 0.25) is 0 Å². The lowest BCUT2D eigenvalue weighted by Gasteiger charge is -2.28. The molecule has 0 amide bonds. The smallest absolute Gasteiger partial charge is 0.338 e. The standard InChI is InChI=1S/C31H33N3O4S/c1-7-11-23-27(30(36)38-8-2)28(26-22-13-10-9-12-20(22)14-15-24(26)37-6)34-29(35)25(39-31(34)32-23)17-21-16-18(3)33(5)19(21)4/h9-10,12-17,28H,7-8,11H2,1-6H3/b25-17+/t28-/m0/s1. The third-order valence-corrected chi connectivity index (χ3v) is 8.40. The summed E-state index contributed by atoms with van der Waals surface area (Å²) in [7, 11) is 3.62. The highest BCUT2D eigenvalue weighted by atomic mass is 32.1. The number of thiazole rings is 1. The minimum Gasteiger partial charge on any atom is -0.496 e. The number of fused-ring (bicyclic) bond motifs is 2. The molecule has 39 heavy (non-hydrogen) atoms. The Bertz CT molecular complexity index is 1810. The van der Waals surface area contributed by atoms with E-state index in [0.717, 1.165) is 39.7 Å². The molecule has 0 saturated carbocycles. The van der Waals surface area contributed by atoms with Crippen molar-refractivity contribution in [1.29, 1.82) is 0 Å². The fourth-order valence-corrected chi connectivity index (χ4v) is 6.31. The molecule has 0 bridgehead atoms. The maximum atomic E-state index is 14.2. The maximum Gasteiger partial charge on any atom is 0.338 e. The Labute approximate surface area is 231 Å². The van der Waals surface area contributed by atoms with Gasteiger partial charge in [-0.05, 0) is 61.7 Å². The number of aromatic nitrogens is 2. The summed E-state index contributed by atoms with van der Waals surface area (Å²) in [6.45, 7) is 8.14. The highest BCUT2D eigenvalue weighted by Gasteiger charge is 2.37. The number of allylic oxidation sites excluding steroid dienone is 1. The lowest BCUT2D eigenvalue weighted by Crippen LogP contribution is -2.40. The van der Waals surface area contributed by atoms with Crippen molar-refractivity contribution in [3.63, 3.8) is 0 Å². The molecule has 5 rings (SSSR count). The van der Waals surface area contributed by atoms with Crippen LogP contribution in [0.15, 0.2) is 63.5 Å². The van der Waals surface area contributed by atoms with E-state index in [9.17, 15) is 9.59 Å². The van der Waals surface area contributed by atoms with Crippen molar-refractivity contribution >= 4 is 34.2 Å². The van der Waals surface area contributed by atoms with Crippen LogP contribution in [0.3, 0.4) is 0 Å². The Balaban J connectivity index is 1.89. The molecule has 1 aliphatic rings. The SMILES string of the molecule is CCCC1=C(C(=O)OCC)[C@H](c2c(OC)ccc3ccccc23)n2c(s/c(=C/c3cc(C)n(C)c3C)c2=O)=N1. The topological polar surface area (TPSA) is 74.8 Å². The van der Waals surface area contributed by atoms with Gasteiger partial charge in [0, 0.05) is 24.0 Å². The minimum absolute atomic E-state index is 0.197. The maximum absolute atomic E-state index is 14.2. The molecule has 4 aromatic rings. The molecule has 0 radical (unpaired) electrons. The first-order valence-corrected chi connectivity index (χ1v) is 14.0. The molecule has 8 heteroatoms. The van der Waals surface area contributed by atoms with E-state index < -0.39 is 12.0 Å². The third kappa shape index (κ3) is 4.52. The number of esters is 1. The predicted octanol–water partition coefficient (Wildman–Crippen LogP) is 4.70. The first kappa shape index (κ1) is 26.7. The van der Waals surface area contributed by atoms with E-state index in [1.807, 2.05) is 63.4 Å². The van der Waals surface area contributed by atoms with Gasteiger partial charge in [0.1, 0.15) is 11.8 Å². The molecule has 2 aromatic heterocycles. The number of hydrogen-bond donors (Lipinski definition) is 0. The number of aryl methyl sites for hydroxylation is 1. The van der Waals surface area contributed by atoms with Crippen LogP contribution >= 0.6 is 11.3 Å². The normalized spacial score (nSPS) is 15.4. The molecule has 202 valence electrons. The molecule has 3 heterocycles. The van der Waals surface area contributed by atoms with Gasteiger partial charge in [0.05, 0.1) is 29.5 Å². The van der Waals surface area contributed by atoms with E-state index in [4.69, 9.17) is 14.5 Å². The van der Waals surface area contributed by atoms with Crippen molar-refractivity contribution in [2.45, 2.75) is 46.6 Å². The Morgan fingerprint density at radius 1 is 1.15 bits per heavy atom. The summed E-state index contributed by atoms with van der Waals surface area (Å²) in [5.74, 6) is 0.135. The summed E-state index contributed by atoms with van der Waals surface area (Å²) in [5.41, 5.74) is 4.76. The zero-order valence-electron chi connectivity index (χ0n) is 23.2. The van der Waals surface area contributed by atoms with Crippen LogP contribution in [-0.2, 0) is 16.6 Å². The fourth-order valence-electron chi connectivity index (χ4n) is 5.30. The monoisotopic (exact) mass is 543 g/mol. The second-order valence-corrected chi connectivity index (χ2v) is 10.7. The largest absolute Gasteiger partial charge is 0.496 e. The van der Waals surface area contributed by atoms with Crippen LogP contribution in [0.2, 0.25) is 0 Å². The Morgan fingerprint density at radius 2 is 1.92 bits per heavy atom. The Morgan fingerprint density at radius 3 is 2.59 bits per heavy atom. The first-order chi connectivity index (χ1) is 18.8. The lowest BCUT2D eigenvalue weighted by molar-refractivity contribution is -0.139. The fraction of sp³-hybridized carbons (Fsp3) is 0.323. The number of carbonyl (C=O) groups is 1. The van der Waals surface area contributed by atoms with Crippen molar-refractivity contribution in [3.8, 4) is 5.75 Å². The summed E-state index contributed by atoms with van der Waals surface area (Å²) >= 11 is 1.35. The highest BCUT2D eigenvalue weighted by molar-refractivity contribution is 7.07. The summed E-state index contributed by atoms with van der Waals surface area (Å²) in [6.07, 6.45) is 3.30. The van der Waals surface area contributed by atoms with Gasteiger partial charge < -0.3 is 14.0 Å². The summed E-state index contributed by atoms with van der Waals surface area (Å²) in [6, 6.07) is 13.2.